The second kappa shape index (κ2) is 4.27. The van der Waals surface area contributed by atoms with Gasteiger partial charge in [0, 0.05) is 7.05 Å². The van der Waals surface area contributed by atoms with Crippen LogP contribution < -0.4 is 5.32 Å². The molecular formula is C7H5Cl3N4O. The Morgan fingerprint density at radius 1 is 1.67 bits per heavy atom. The van der Waals surface area contributed by atoms with Crippen LogP contribution in [0.1, 0.15) is 5.56 Å². The highest BCUT2D eigenvalue weighted by molar-refractivity contribution is 6.76. The van der Waals surface area contributed by atoms with Gasteiger partial charge in [-0.15, -0.1) is 0 Å². The first-order chi connectivity index (χ1) is 6.86. The smallest absolute Gasteiger partial charge is 0.277 e. The molecule has 0 atom stereocenters. The number of alkyl halides is 3. The summed E-state index contributed by atoms with van der Waals surface area (Å²) in [5, 5.41) is 14.8. The Labute approximate surface area is 101 Å². The Morgan fingerprint density at radius 2 is 2.27 bits per heavy atom. The van der Waals surface area contributed by atoms with E-state index >= 15 is 0 Å². The van der Waals surface area contributed by atoms with E-state index in [-0.39, 0.29) is 11.4 Å². The molecule has 0 spiro atoms. The summed E-state index contributed by atoms with van der Waals surface area (Å²) >= 11 is 16.1. The van der Waals surface area contributed by atoms with Crippen molar-refractivity contribution in [3.8, 4) is 6.07 Å². The predicted octanol–water partition coefficient (Wildman–Crippen LogP) is 1.60. The molecule has 1 amide bonds. The quantitative estimate of drug-likeness (QED) is 0.786. The molecule has 0 bridgehead atoms. The van der Waals surface area contributed by atoms with Gasteiger partial charge in [-0.05, 0) is 0 Å². The molecule has 0 saturated heterocycles. The first-order valence-corrected chi connectivity index (χ1v) is 4.80. The van der Waals surface area contributed by atoms with Gasteiger partial charge in [-0.3, -0.25) is 9.48 Å². The minimum absolute atomic E-state index is 0.189. The van der Waals surface area contributed by atoms with Crippen molar-refractivity contribution < 1.29 is 4.79 Å². The van der Waals surface area contributed by atoms with Crippen molar-refractivity contribution in [2.24, 2.45) is 7.05 Å². The number of nitrogens with one attached hydrogen (secondary N) is 1. The first kappa shape index (κ1) is 12.1. The number of aromatic nitrogens is 2. The number of nitriles is 1. The van der Waals surface area contributed by atoms with Gasteiger partial charge < -0.3 is 5.32 Å². The van der Waals surface area contributed by atoms with E-state index in [4.69, 9.17) is 40.1 Å². The van der Waals surface area contributed by atoms with E-state index in [1.54, 1.807) is 7.05 Å². The highest BCUT2D eigenvalue weighted by atomic mass is 35.6. The lowest BCUT2D eigenvalue weighted by atomic mass is 10.3. The van der Waals surface area contributed by atoms with Gasteiger partial charge in [0.15, 0.2) is 0 Å². The lowest BCUT2D eigenvalue weighted by Gasteiger charge is -2.11. The molecule has 0 aliphatic rings. The van der Waals surface area contributed by atoms with E-state index in [0.29, 0.717) is 0 Å². The van der Waals surface area contributed by atoms with Crippen molar-refractivity contribution in [2.75, 3.05) is 5.32 Å². The summed E-state index contributed by atoms with van der Waals surface area (Å²) in [4.78, 5) is 11.3. The standard InChI is InChI=1S/C7H5Cl3N4O/c1-14-5(4(2-11)3-12-14)13-6(15)7(8,9)10/h3H,1H3,(H,13,15). The molecule has 8 heteroatoms. The molecule has 0 fully saturated rings. The van der Waals surface area contributed by atoms with E-state index in [1.165, 1.54) is 10.9 Å². The molecule has 80 valence electrons. The molecule has 0 aromatic carbocycles. The average molecular weight is 268 g/mol. The minimum Gasteiger partial charge on any atom is -0.306 e. The number of rotatable bonds is 1. The van der Waals surface area contributed by atoms with Gasteiger partial charge in [0.1, 0.15) is 17.5 Å². The molecule has 0 saturated carbocycles. The van der Waals surface area contributed by atoms with Gasteiger partial charge in [-0.1, -0.05) is 34.8 Å². The van der Waals surface area contributed by atoms with Crippen LogP contribution in [0.5, 0.6) is 0 Å². The highest BCUT2D eigenvalue weighted by Crippen LogP contribution is 2.28. The van der Waals surface area contributed by atoms with Crippen molar-refractivity contribution in [1.82, 2.24) is 9.78 Å². The third-order valence-electron chi connectivity index (χ3n) is 1.55. The average Bonchev–Trinajstić information content (AvgIpc) is 2.46. The van der Waals surface area contributed by atoms with Crippen LogP contribution in [-0.2, 0) is 11.8 Å². The molecule has 0 radical (unpaired) electrons. The lowest BCUT2D eigenvalue weighted by Crippen LogP contribution is -2.28. The fourth-order valence-electron chi connectivity index (χ4n) is 0.846. The van der Waals surface area contributed by atoms with E-state index < -0.39 is 9.70 Å². The Balaban J connectivity index is 2.96. The van der Waals surface area contributed by atoms with Gasteiger partial charge in [0.05, 0.1) is 6.20 Å². The Hall–Kier alpha value is -0.960. The van der Waals surface area contributed by atoms with E-state index in [1.807, 2.05) is 6.07 Å². The summed E-state index contributed by atoms with van der Waals surface area (Å²) in [5.41, 5.74) is 0.195. The SMILES string of the molecule is Cn1ncc(C#N)c1NC(=O)C(Cl)(Cl)Cl. The van der Waals surface area contributed by atoms with Crippen LogP contribution in [0.4, 0.5) is 5.82 Å². The molecular weight excluding hydrogens is 262 g/mol. The van der Waals surface area contributed by atoms with Gasteiger partial charge in [0.25, 0.3) is 9.70 Å². The first-order valence-electron chi connectivity index (χ1n) is 3.66. The third-order valence-corrected chi connectivity index (χ3v) is 2.06. The molecule has 5 nitrogen and oxygen atoms in total. The van der Waals surface area contributed by atoms with E-state index in [9.17, 15) is 4.79 Å². The number of carbonyl (C=O) groups excluding carboxylic acids is 1. The van der Waals surface area contributed by atoms with Crippen LogP contribution in [0.2, 0.25) is 0 Å². The summed E-state index contributed by atoms with van der Waals surface area (Å²) in [6, 6.07) is 1.85. The number of amides is 1. The van der Waals surface area contributed by atoms with Crippen molar-refractivity contribution in [1.29, 1.82) is 5.26 Å². The number of anilines is 1. The normalized spacial score (nSPS) is 10.9. The van der Waals surface area contributed by atoms with E-state index in [0.717, 1.165) is 0 Å². The molecule has 1 heterocycles. The van der Waals surface area contributed by atoms with E-state index in [2.05, 4.69) is 10.4 Å². The molecule has 0 aliphatic heterocycles. The number of carbonyl (C=O) groups is 1. The third kappa shape index (κ3) is 2.75. The molecule has 1 rings (SSSR count). The van der Waals surface area contributed by atoms with Crippen LogP contribution in [0.3, 0.4) is 0 Å². The van der Waals surface area contributed by atoms with Crippen molar-refractivity contribution in [2.45, 2.75) is 3.79 Å². The largest absolute Gasteiger partial charge is 0.306 e. The predicted molar refractivity (Wildman–Crippen MR) is 56.8 cm³/mol. The molecule has 1 N–H and O–H groups in total. The van der Waals surface area contributed by atoms with Crippen molar-refractivity contribution in [3.05, 3.63) is 11.8 Å². The number of halogens is 3. The minimum atomic E-state index is -2.07. The van der Waals surface area contributed by atoms with Crippen LogP contribution in [0.15, 0.2) is 6.20 Å². The number of hydrogen-bond acceptors (Lipinski definition) is 3. The number of nitrogens with zero attached hydrogens (tertiary/aromatic N) is 3. The van der Waals surface area contributed by atoms with Crippen LogP contribution in [0, 0.1) is 11.3 Å². The van der Waals surface area contributed by atoms with Crippen molar-refractivity contribution >= 4 is 46.5 Å². The summed E-state index contributed by atoms with van der Waals surface area (Å²) in [5.74, 6) is -0.651. The number of aryl methyl sites for hydroxylation is 1. The Bertz CT molecular complexity index is 428. The highest BCUT2D eigenvalue weighted by Gasteiger charge is 2.31. The number of hydrogen-bond donors (Lipinski definition) is 1. The van der Waals surface area contributed by atoms with Gasteiger partial charge in [-0.2, -0.15) is 10.4 Å². The lowest BCUT2D eigenvalue weighted by molar-refractivity contribution is -0.115. The van der Waals surface area contributed by atoms with Gasteiger partial charge in [-0.25, -0.2) is 0 Å². The monoisotopic (exact) mass is 266 g/mol. The fraction of sp³-hybridized carbons (Fsp3) is 0.286. The topological polar surface area (TPSA) is 70.7 Å². The maximum Gasteiger partial charge on any atom is 0.277 e. The summed E-state index contributed by atoms with van der Waals surface area (Å²) in [6.07, 6.45) is 1.30. The molecule has 0 unspecified atom stereocenters. The fourth-order valence-corrected chi connectivity index (χ4v) is 0.988. The van der Waals surface area contributed by atoms with Crippen molar-refractivity contribution in [3.63, 3.8) is 0 Å². The Morgan fingerprint density at radius 3 is 2.73 bits per heavy atom. The zero-order valence-electron chi connectivity index (χ0n) is 7.46. The molecule has 0 aliphatic carbocycles. The van der Waals surface area contributed by atoms with Crippen LogP contribution in [0.25, 0.3) is 0 Å². The second-order valence-corrected chi connectivity index (χ2v) is 4.88. The molecule has 1 aromatic heterocycles. The zero-order valence-corrected chi connectivity index (χ0v) is 9.73. The Kier molecular flexibility index (Phi) is 3.45. The van der Waals surface area contributed by atoms with Gasteiger partial charge >= 0.3 is 0 Å². The van der Waals surface area contributed by atoms with Crippen LogP contribution in [-0.4, -0.2) is 19.5 Å². The van der Waals surface area contributed by atoms with Gasteiger partial charge in [0.2, 0.25) is 0 Å². The molecule has 1 aromatic rings. The zero-order chi connectivity index (χ0) is 11.6. The summed E-state index contributed by atoms with van der Waals surface area (Å²) in [7, 11) is 1.55. The maximum atomic E-state index is 11.3. The summed E-state index contributed by atoms with van der Waals surface area (Å²) in [6.45, 7) is 0. The van der Waals surface area contributed by atoms with Crippen LogP contribution >= 0.6 is 34.8 Å². The second-order valence-electron chi connectivity index (χ2n) is 2.59. The maximum absolute atomic E-state index is 11.3. The molecule has 15 heavy (non-hydrogen) atoms. The summed E-state index contributed by atoms with van der Waals surface area (Å²) < 4.78 is -0.774.